The molecule has 0 aliphatic heterocycles. The zero-order valence-electron chi connectivity index (χ0n) is 15.8. The average molecular weight is 363 g/mol. The summed E-state index contributed by atoms with van der Waals surface area (Å²) in [6.07, 6.45) is 1.86. The Morgan fingerprint density at radius 2 is 1.96 bits per heavy atom. The predicted molar refractivity (Wildman–Crippen MR) is 99.3 cm³/mol. The van der Waals surface area contributed by atoms with Crippen LogP contribution in [0.5, 0.6) is 5.75 Å². The summed E-state index contributed by atoms with van der Waals surface area (Å²) < 4.78 is 32.7. The highest BCUT2D eigenvalue weighted by atomic mass is 19.3. The van der Waals surface area contributed by atoms with Crippen molar-refractivity contribution in [2.75, 3.05) is 6.61 Å². The smallest absolute Gasteiger partial charge is 0.267 e. The third kappa shape index (κ3) is 5.46. The number of aryl methyl sites for hydroxylation is 1. The molecule has 2 aromatic heterocycles. The first-order valence-electron chi connectivity index (χ1n) is 8.87. The van der Waals surface area contributed by atoms with Crippen LogP contribution in [0.3, 0.4) is 0 Å². The third-order valence-electron chi connectivity index (χ3n) is 4.04. The van der Waals surface area contributed by atoms with Crippen LogP contribution < -0.4 is 10.5 Å². The molecule has 26 heavy (non-hydrogen) atoms. The van der Waals surface area contributed by atoms with Gasteiger partial charge < -0.3 is 10.5 Å². The lowest BCUT2D eigenvalue weighted by Gasteiger charge is -2.27. The Labute approximate surface area is 153 Å². The molecule has 0 fully saturated rings. The first-order chi connectivity index (χ1) is 12.2. The van der Waals surface area contributed by atoms with Gasteiger partial charge in [-0.15, -0.1) is 0 Å². The summed E-state index contributed by atoms with van der Waals surface area (Å²) in [5, 5.41) is 0. The first-order valence-corrected chi connectivity index (χ1v) is 8.87. The van der Waals surface area contributed by atoms with Crippen molar-refractivity contribution in [1.29, 1.82) is 0 Å². The van der Waals surface area contributed by atoms with Gasteiger partial charge in [0.25, 0.3) is 6.43 Å². The summed E-state index contributed by atoms with van der Waals surface area (Å²) in [7, 11) is 0. The number of aromatic nitrogens is 2. The van der Waals surface area contributed by atoms with Crippen molar-refractivity contribution in [3.8, 4) is 17.0 Å². The summed E-state index contributed by atoms with van der Waals surface area (Å²) in [6, 6.07) is 5.00. The molecule has 0 saturated carbocycles. The number of alkyl halides is 2. The van der Waals surface area contributed by atoms with Crippen molar-refractivity contribution in [2.45, 2.75) is 52.5 Å². The largest absolute Gasteiger partial charge is 0.490 e. The van der Waals surface area contributed by atoms with Gasteiger partial charge in [-0.2, -0.15) is 0 Å². The lowest BCUT2D eigenvalue weighted by molar-refractivity contribution is 0.139. The summed E-state index contributed by atoms with van der Waals surface area (Å²) in [5.74, 6) is 0.470. The van der Waals surface area contributed by atoms with Crippen LogP contribution in [0.2, 0.25) is 0 Å². The van der Waals surface area contributed by atoms with Gasteiger partial charge in [-0.05, 0) is 43.9 Å². The molecular weight excluding hydrogens is 336 g/mol. The van der Waals surface area contributed by atoms with Gasteiger partial charge in [-0.3, -0.25) is 9.97 Å². The minimum Gasteiger partial charge on any atom is -0.490 e. The van der Waals surface area contributed by atoms with E-state index >= 15 is 0 Å². The van der Waals surface area contributed by atoms with E-state index in [2.05, 4.69) is 23.8 Å². The van der Waals surface area contributed by atoms with Crippen LogP contribution in [0.4, 0.5) is 8.78 Å². The van der Waals surface area contributed by atoms with Crippen molar-refractivity contribution in [3.63, 3.8) is 0 Å². The lowest BCUT2D eigenvalue weighted by atomic mass is 9.93. The van der Waals surface area contributed by atoms with E-state index in [9.17, 15) is 8.78 Å². The Balaban J connectivity index is 2.26. The molecule has 4 nitrogen and oxygen atoms in total. The molecule has 0 radical (unpaired) electrons. The molecule has 0 aliphatic rings. The van der Waals surface area contributed by atoms with Gasteiger partial charge in [0.1, 0.15) is 12.4 Å². The van der Waals surface area contributed by atoms with Crippen molar-refractivity contribution in [1.82, 2.24) is 9.97 Å². The Hall–Kier alpha value is -2.08. The number of pyridine rings is 2. The third-order valence-corrected chi connectivity index (χ3v) is 4.04. The maximum atomic E-state index is 13.5. The molecular formula is C20H27F2N3O. The molecule has 142 valence electrons. The monoisotopic (exact) mass is 363 g/mol. The Morgan fingerprint density at radius 3 is 2.58 bits per heavy atom. The Kier molecular flexibility index (Phi) is 6.64. The zero-order valence-corrected chi connectivity index (χ0v) is 15.8. The molecule has 0 aromatic carbocycles. The van der Waals surface area contributed by atoms with Gasteiger partial charge in [0.2, 0.25) is 0 Å². The summed E-state index contributed by atoms with van der Waals surface area (Å²) >= 11 is 0. The molecule has 1 atom stereocenters. The molecule has 0 aliphatic carbocycles. The topological polar surface area (TPSA) is 61.0 Å². The Bertz CT molecular complexity index is 733. The van der Waals surface area contributed by atoms with Gasteiger partial charge in [0.15, 0.2) is 0 Å². The molecule has 2 aromatic rings. The zero-order chi connectivity index (χ0) is 19.3. The van der Waals surface area contributed by atoms with Crippen molar-refractivity contribution >= 4 is 0 Å². The second kappa shape index (κ2) is 8.54. The molecule has 6 heteroatoms. The van der Waals surface area contributed by atoms with Crippen LogP contribution in [-0.4, -0.2) is 22.1 Å². The van der Waals surface area contributed by atoms with E-state index in [0.717, 1.165) is 24.1 Å². The van der Waals surface area contributed by atoms with Gasteiger partial charge >= 0.3 is 0 Å². The van der Waals surface area contributed by atoms with Crippen LogP contribution in [-0.2, 0) is 6.42 Å². The van der Waals surface area contributed by atoms with E-state index in [0.29, 0.717) is 11.6 Å². The standard InChI is InChI=1S/C20H27F2N3O/c1-5-15-8-14(6-7-24-15)17-9-16(19(21)22)18(11-25-17)26-12-20(4,23)10-13(2)3/h6-9,11,13,19H,5,10,12,23H2,1-4H3. The lowest BCUT2D eigenvalue weighted by Crippen LogP contribution is -2.43. The number of nitrogens with two attached hydrogens (primary N) is 1. The summed E-state index contributed by atoms with van der Waals surface area (Å²) in [4.78, 5) is 8.53. The van der Waals surface area contributed by atoms with E-state index in [-0.39, 0.29) is 17.9 Å². The Morgan fingerprint density at radius 1 is 1.23 bits per heavy atom. The number of rotatable bonds is 8. The normalized spacial score (nSPS) is 13.9. The molecule has 0 saturated heterocycles. The van der Waals surface area contributed by atoms with Crippen LogP contribution in [0.1, 0.15) is 51.8 Å². The van der Waals surface area contributed by atoms with Crippen LogP contribution in [0.25, 0.3) is 11.3 Å². The van der Waals surface area contributed by atoms with E-state index in [4.69, 9.17) is 10.5 Å². The number of nitrogens with zero attached hydrogens (tertiary/aromatic N) is 2. The van der Waals surface area contributed by atoms with Crippen molar-refractivity contribution < 1.29 is 13.5 Å². The van der Waals surface area contributed by atoms with Crippen molar-refractivity contribution in [2.24, 2.45) is 11.7 Å². The molecule has 2 heterocycles. The molecule has 2 N–H and O–H groups in total. The van der Waals surface area contributed by atoms with Crippen molar-refractivity contribution in [3.05, 3.63) is 41.9 Å². The van der Waals surface area contributed by atoms with E-state index in [1.54, 1.807) is 12.3 Å². The minimum absolute atomic E-state index is 0.0777. The highest BCUT2D eigenvalue weighted by Gasteiger charge is 2.23. The highest BCUT2D eigenvalue weighted by molar-refractivity contribution is 5.61. The maximum Gasteiger partial charge on any atom is 0.267 e. The SMILES string of the molecule is CCc1cc(-c2cc(C(F)F)c(OCC(C)(N)CC(C)C)cn2)ccn1. The predicted octanol–water partition coefficient (Wildman–Crippen LogP) is 4.79. The molecule has 2 rings (SSSR count). The van der Waals surface area contributed by atoms with Crippen LogP contribution in [0, 0.1) is 5.92 Å². The number of hydrogen-bond acceptors (Lipinski definition) is 4. The maximum absolute atomic E-state index is 13.5. The van der Waals surface area contributed by atoms with E-state index in [1.807, 2.05) is 19.9 Å². The van der Waals surface area contributed by atoms with Crippen LogP contribution >= 0.6 is 0 Å². The molecule has 0 spiro atoms. The number of halogens is 2. The quantitative estimate of drug-likeness (QED) is 0.733. The fraction of sp³-hybridized carbons (Fsp3) is 0.500. The molecule has 1 unspecified atom stereocenters. The highest BCUT2D eigenvalue weighted by Crippen LogP contribution is 2.32. The van der Waals surface area contributed by atoms with Gasteiger partial charge in [0, 0.05) is 23.0 Å². The second-order valence-corrected chi connectivity index (χ2v) is 7.34. The summed E-state index contributed by atoms with van der Waals surface area (Å²) in [5.41, 5.74) is 7.56. The average Bonchev–Trinajstić information content (AvgIpc) is 2.58. The van der Waals surface area contributed by atoms with Crippen LogP contribution in [0.15, 0.2) is 30.6 Å². The first kappa shape index (κ1) is 20.2. The second-order valence-electron chi connectivity index (χ2n) is 7.34. The summed E-state index contributed by atoms with van der Waals surface area (Å²) in [6.45, 7) is 8.12. The van der Waals surface area contributed by atoms with E-state index in [1.165, 1.54) is 12.3 Å². The van der Waals surface area contributed by atoms with E-state index < -0.39 is 12.0 Å². The fourth-order valence-electron chi connectivity index (χ4n) is 2.97. The minimum atomic E-state index is -2.66. The molecule has 0 amide bonds. The number of hydrogen-bond donors (Lipinski definition) is 1. The fourth-order valence-corrected chi connectivity index (χ4v) is 2.97. The van der Waals surface area contributed by atoms with Gasteiger partial charge in [-0.1, -0.05) is 20.8 Å². The van der Waals surface area contributed by atoms with Gasteiger partial charge in [0.05, 0.1) is 17.5 Å². The number of ether oxygens (including phenoxy) is 1. The van der Waals surface area contributed by atoms with Gasteiger partial charge in [-0.25, -0.2) is 8.78 Å². The molecule has 0 bridgehead atoms.